The number of Topliss-reactive ketones (excluding diaryl/α,β-unsaturated/α-hetero) is 1. The van der Waals surface area contributed by atoms with Crippen LogP contribution in [0.4, 0.5) is 11.4 Å². The van der Waals surface area contributed by atoms with Gasteiger partial charge in [-0.15, -0.1) is 0 Å². The fourth-order valence-corrected chi connectivity index (χ4v) is 4.07. The molecule has 0 aliphatic rings. The second kappa shape index (κ2) is 8.81. The van der Waals surface area contributed by atoms with Crippen LogP contribution in [-0.2, 0) is 10.0 Å². The first kappa shape index (κ1) is 21.7. The molecule has 0 unspecified atom stereocenters. The van der Waals surface area contributed by atoms with Crippen LogP contribution in [0.3, 0.4) is 0 Å². The zero-order chi connectivity index (χ0) is 22.6. The molecule has 1 N–H and O–H groups in total. The molecule has 3 aromatic carbocycles. The van der Waals surface area contributed by atoms with Crippen LogP contribution in [0.5, 0.6) is 0 Å². The number of amides is 1. The normalized spacial score (nSPS) is 10.7. The highest BCUT2D eigenvalue weighted by molar-refractivity contribution is 7.92. The van der Waals surface area contributed by atoms with E-state index in [2.05, 4.69) is 5.32 Å². The van der Waals surface area contributed by atoms with E-state index in [-0.39, 0.29) is 16.2 Å². The van der Waals surface area contributed by atoms with E-state index in [0.717, 1.165) is 4.31 Å². The lowest BCUT2D eigenvalue weighted by atomic mass is 10.1. The molecule has 156 valence electrons. The number of benzene rings is 3. The molecular formula is C23H19N3O4S. The van der Waals surface area contributed by atoms with Crippen LogP contribution in [0.1, 0.15) is 33.2 Å². The number of hydrogen-bond acceptors (Lipinski definition) is 5. The third-order valence-electron chi connectivity index (χ3n) is 4.66. The maximum atomic E-state index is 13.0. The second-order valence-electron chi connectivity index (χ2n) is 6.75. The minimum absolute atomic E-state index is 0.0427. The summed E-state index contributed by atoms with van der Waals surface area (Å²) in [7, 11) is -2.52. The van der Waals surface area contributed by atoms with Gasteiger partial charge in [-0.1, -0.05) is 6.07 Å². The molecule has 0 saturated carbocycles. The van der Waals surface area contributed by atoms with Crippen molar-refractivity contribution in [3.63, 3.8) is 0 Å². The van der Waals surface area contributed by atoms with Crippen LogP contribution in [0, 0.1) is 11.3 Å². The van der Waals surface area contributed by atoms with Crippen LogP contribution >= 0.6 is 0 Å². The minimum Gasteiger partial charge on any atom is -0.322 e. The Labute approximate surface area is 180 Å². The highest BCUT2D eigenvalue weighted by atomic mass is 32.2. The number of nitriles is 1. The molecule has 0 atom stereocenters. The number of nitrogens with one attached hydrogen (secondary N) is 1. The number of hydrogen-bond donors (Lipinski definition) is 1. The van der Waals surface area contributed by atoms with Gasteiger partial charge in [-0.2, -0.15) is 5.26 Å². The quantitative estimate of drug-likeness (QED) is 0.595. The number of carbonyl (C=O) groups is 2. The predicted molar refractivity (Wildman–Crippen MR) is 118 cm³/mol. The van der Waals surface area contributed by atoms with Crippen molar-refractivity contribution in [2.24, 2.45) is 0 Å². The molecule has 0 aliphatic carbocycles. The van der Waals surface area contributed by atoms with E-state index in [1.54, 1.807) is 24.3 Å². The first-order valence-electron chi connectivity index (χ1n) is 9.24. The molecule has 0 fully saturated rings. The molecule has 8 heteroatoms. The lowest BCUT2D eigenvalue weighted by Crippen LogP contribution is -2.26. The maximum Gasteiger partial charge on any atom is 0.264 e. The molecule has 0 radical (unpaired) electrons. The van der Waals surface area contributed by atoms with Gasteiger partial charge in [0.1, 0.15) is 0 Å². The van der Waals surface area contributed by atoms with E-state index in [1.165, 1.54) is 62.5 Å². The summed E-state index contributed by atoms with van der Waals surface area (Å²) in [4.78, 5) is 23.9. The largest absolute Gasteiger partial charge is 0.322 e. The summed E-state index contributed by atoms with van der Waals surface area (Å²) in [6.07, 6.45) is 0. The van der Waals surface area contributed by atoms with E-state index in [4.69, 9.17) is 5.26 Å². The Hall–Kier alpha value is -3.96. The molecule has 3 rings (SSSR count). The summed E-state index contributed by atoms with van der Waals surface area (Å²) in [5, 5.41) is 11.6. The Kier molecular flexibility index (Phi) is 6.18. The monoisotopic (exact) mass is 433 g/mol. The first-order valence-corrected chi connectivity index (χ1v) is 10.7. The lowest BCUT2D eigenvalue weighted by Gasteiger charge is -2.20. The molecule has 3 aromatic rings. The number of ketones is 1. The maximum absolute atomic E-state index is 13.0. The average Bonchev–Trinajstić information content (AvgIpc) is 2.79. The zero-order valence-corrected chi connectivity index (χ0v) is 17.7. The Morgan fingerprint density at radius 3 is 2.16 bits per heavy atom. The molecule has 0 aromatic heterocycles. The van der Waals surface area contributed by atoms with Gasteiger partial charge in [0.05, 0.1) is 22.2 Å². The third-order valence-corrected chi connectivity index (χ3v) is 6.45. The highest BCUT2D eigenvalue weighted by Crippen LogP contribution is 2.23. The summed E-state index contributed by atoms with van der Waals surface area (Å²) in [5.41, 5.74) is 1.99. The van der Waals surface area contributed by atoms with Gasteiger partial charge in [0.2, 0.25) is 0 Å². The molecular weight excluding hydrogens is 414 g/mol. The van der Waals surface area contributed by atoms with Gasteiger partial charge in [0, 0.05) is 23.9 Å². The van der Waals surface area contributed by atoms with Gasteiger partial charge in [-0.3, -0.25) is 13.9 Å². The number of nitrogens with zero attached hydrogens (tertiary/aromatic N) is 2. The molecule has 0 saturated heterocycles. The van der Waals surface area contributed by atoms with E-state index in [1.807, 2.05) is 6.07 Å². The number of rotatable bonds is 6. The molecule has 31 heavy (non-hydrogen) atoms. The van der Waals surface area contributed by atoms with Crippen molar-refractivity contribution in [2.45, 2.75) is 11.8 Å². The van der Waals surface area contributed by atoms with Crippen LogP contribution < -0.4 is 9.62 Å². The van der Waals surface area contributed by atoms with Gasteiger partial charge in [-0.25, -0.2) is 8.42 Å². The van der Waals surface area contributed by atoms with Crippen molar-refractivity contribution in [3.05, 3.63) is 89.5 Å². The Balaban J connectivity index is 1.83. The Morgan fingerprint density at radius 1 is 0.935 bits per heavy atom. The Morgan fingerprint density at radius 2 is 1.58 bits per heavy atom. The standard InChI is InChI=1S/C23H19N3O4S/c1-16(27)18-8-10-20(11-9-18)25-23(28)19-4-3-5-22(14-19)31(29,30)26(2)21-12-6-17(15-24)7-13-21/h3-14H,1-2H3,(H,25,28). The van der Waals surface area contributed by atoms with Crippen molar-refractivity contribution in [2.75, 3.05) is 16.7 Å². The topological polar surface area (TPSA) is 107 Å². The van der Waals surface area contributed by atoms with Crippen molar-refractivity contribution in [3.8, 4) is 6.07 Å². The summed E-state index contributed by atoms with van der Waals surface area (Å²) in [5.74, 6) is -0.559. The van der Waals surface area contributed by atoms with Crippen LogP contribution in [0.15, 0.2) is 77.7 Å². The molecule has 0 aliphatic heterocycles. The van der Waals surface area contributed by atoms with Crippen molar-refractivity contribution >= 4 is 33.1 Å². The molecule has 0 bridgehead atoms. The minimum atomic E-state index is -3.92. The van der Waals surface area contributed by atoms with Gasteiger partial charge in [0.25, 0.3) is 15.9 Å². The highest BCUT2D eigenvalue weighted by Gasteiger charge is 2.22. The Bertz CT molecular complexity index is 1280. The fraction of sp³-hybridized carbons (Fsp3) is 0.0870. The lowest BCUT2D eigenvalue weighted by molar-refractivity contribution is 0.101. The van der Waals surface area contributed by atoms with Gasteiger partial charge < -0.3 is 5.32 Å². The number of sulfonamides is 1. The summed E-state index contributed by atoms with van der Waals surface area (Å²) >= 11 is 0. The SMILES string of the molecule is CC(=O)c1ccc(NC(=O)c2cccc(S(=O)(=O)N(C)c3ccc(C#N)cc3)c2)cc1. The third kappa shape index (κ3) is 4.79. The average molecular weight is 433 g/mol. The summed E-state index contributed by atoms with van der Waals surface area (Å²) in [6.45, 7) is 1.45. The van der Waals surface area contributed by atoms with E-state index in [9.17, 15) is 18.0 Å². The number of carbonyl (C=O) groups excluding carboxylic acids is 2. The van der Waals surface area contributed by atoms with Crippen molar-refractivity contribution < 1.29 is 18.0 Å². The molecule has 1 amide bonds. The summed E-state index contributed by atoms with van der Waals surface area (Å²) in [6, 6.07) is 20.3. The second-order valence-corrected chi connectivity index (χ2v) is 8.72. The van der Waals surface area contributed by atoms with Gasteiger partial charge in [0.15, 0.2) is 5.78 Å². The molecule has 7 nitrogen and oxygen atoms in total. The van der Waals surface area contributed by atoms with Gasteiger partial charge in [-0.05, 0) is 73.7 Å². The van der Waals surface area contributed by atoms with Crippen molar-refractivity contribution in [1.82, 2.24) is 0 Å². The zero-order valence-electron chi connectivity index (χ0n) is 16.9. The first-order chi connectivity index (χ1) is 14.7. The van der Waals surface area contributed by atoms with Crippen LogP contribution in [0.2, 0.25) is 0 Å². The van der Waals surface area contributed by atoms with E-state index in [0.29, 0.717) is 22.5 Å². The number of anilines is 2. The van der Waals surface area contributed by atoms with Crippen molar-refractivity contribution in [1.29, 1.82) is 5.26 Å². The van der Waals surface area contributed by atoms with Gasteiger partial charge >= 0.3 is 0 Å². The molecule has 0 spiro atoms. The summed E-state index contributed by atoms with van der Waals surface area (Å²) < 4.78 is 27.1. The smallest absolute Gasteiger partial charge is 0.264 e. The predicted octanol–water partition coefficient (Wildman–Crippen LogP) is 3.84. The van der Waals surface area contributed by atoms with E-state index >= 15 is 0 Å². The molecule has 0 heterocycles. The van der Waals surface area contributed by atoms with Crippen LogP contribution in [-0.4, -0.2) is 27.2 Å². The fourth-order valence-electron chi connectivity index (χ4n) is 2.83. The van der Waals surface area contributed by atoms with Crippen LogP contribution in [0.25, 0.3) is 0 Å². The van der Waals surface area contributed by atoms with E-state index < -0.39 is 15.9 Å².